The van der Waals surface area contributed by atoms with Crippen LogP contribution in [0, 0.1) is 39.4 Å². The predicted octanol–water partition coefficient (Wildman–Crippen LogP) is 22.5. The van der Waals surface area contributed by atoms with Crippen molar-refractivity contribution < 1.29 is 127 Å². The fourth-order valence-corrected chi connectivity index (χ4v) is 14.9. The number of carbonyl (C=O) groups is 6. The van der Waals surface area contributed by atoms with Crippen LogP contribution in [-0.2, 0) is 75.0 Å². The predicted molar refractivity (Wildman–Crippen MR) is 430 cm³/mol. The van der Waals surface area contributed by atoms with Crippen molar-refractivity contribution in [3.8, 4) is 0 Å². The molecule has 6 saturated heterocycles. The zero-order valence-electron chi connectivity index (χ0n) is 67.2. The van der Waals surface area contributed by atoms with Crippen LogP contribution < -0.4 is 30.7 Å². The minimum atomic E-state index is -4.69. The second kappa shape index (κ2) is 44.8. The minimum absolute atomic E-state index is 0.000255. The number of nitrogens with zero attached hydrogens (tertiary/aromatic N) is 10. The number of hydrogen-bond donors (Lipinski definition) is 4. The van der Waals surface area contributed by atoms with E-state index in [1.54, 1.807) is 0 Å². The molecule has 12 rings (SSSR count). The molecule has 0 bridgehead atoms. The highest BCUT2D eigenvalue weighted by molar-refractivity contribution is 9.10. The third-order valence-corrected chi connectivity index (χ3v) is 20.7. The largest absolute Gasteiger partial charge is 0.413 e. The van der Waals surface area contributed by atoms with Crippen LogP contribution in [-0.4, -0.2) is 110 Å². The van der Waals surface area contributed by atoms with Gasteiger partial charge in [-0.3, -0.25) is 24.0 Å². The molecule has 0 aromatic heterocycles. The van der Waals surface area contributed by atoms with Gasteiger partial charge in [0.1, 0.15) is 6.29 Å². The van der Waals surface area contributed by atoms with E-state index in [0.717, 1.165) is 116 Å². The Labute approximate surface area is 716 Å². The van der Waals surface area contributed by atoms with Gasteiger partial charge in [-0.1, -0.05) is 72.2 Å². The summed E-state index contributed by atoms with van der Waals surface area (Å²) in [5.41, 5.74) is -3.21. The topological polar surface area (TPSA) is 239 Å². The van der Waals surface area contributed by atoms with E-state index in [9.17, 15) is 113 Å². The van der Waals surface area contributed by atoms with Gasteiger partial charge in [-0.15, -0.1) is 0 Å². The summed E-state index contributed by atoms with van der Waals surface area (Å²) in [6, 6.07) is 18.4. The van der Waals surface area contributed by atoms with Gasteiger partial charge < -0.3 is 54.8 Å². The second-order valence-electron chi connectivity index (χ2n) is 28.9. The lowest BCUT2D eigenvalue weighted by Gasteiger charge is -2.34. The molecule has 6 fully saturated rings. The van der Waals surface area contributed by atoms with Crippen LogP contribution in [0.25, 0.3) is 29.1 Å². The number of nitrogen functional groups attached to an aromatic ring is 1. The maximum Gasteiger partial charge on any atom is 0.407 e. The molecule has 0 spiro atoms. The first-order valence-corrected chi connectivity index (χ1v) is 41.9. The Hall–Kier alpha value is -11.6. The number of rotatable bonds is 11. The number of halogens is 19. The molecule has 6 heterocycles. The highest BCUT2D eigenvalue weighted by Gasteiger charge is 2.44. The SMILES string of the molecule is CC[C@H]1CCC(=O)N1.OC1CCCO1.[C-]#[N+]c1ccc(Br)cc1C(F)(F)F.[C-]#[N+]c1ccc(N)cc1C(F)(F)F.[C-]#[N+]c1ccc(N2C(=O)CC[C@@H]2C(C)O[Si](C)(C)C)cc1C(F)(F)F.[C-]#[N+]c1ccc(N2C(=O)CC[C@@H]2C=O)cc1C(F)(F)F.[C-]#[N+]c1ccc(N2C(=O)CC[C@@H]2CC)cc1C(F)(F)F.[C-]#[N+]c1ccc(N2C(=O)CC[C@@H]2CO)cc1C(F)(F)F. The number of alkyl halides is 18. The van der Waals surface area contributed by atoms with E-state index in [-0.39, 0.29) is 108 Å². The molecule has 6 aromatic rings. The summed E-state index contributed by atoms with van der Waals surface area (Å²) in [6.45, 7) is 52.6. The third-order valence-electron chi connectivity index (χ3n) is 19.1. The lowest BCUT2D eigenvalue weighted by molar-refractivity contribution is -0.137. The summed E-state index contributed by atoms with van der Waals surface area (Å²) in [4.78, 5) is 91.0. The number of carbonyl (C=O) groups excluding carboxylic acids is 6. The molecular weight excluding hydrogens is 1770 g/mol. The summed E-state index contributed by atoms with van der Waals surface area (Å²) in [5.74, 6) is -0.893. The molecule has 0 radical (unpaired) electrons. The van der Waals surface area contributed by atoms with E-state index in [2.05, 4.69) is 57.2 Å². The second-order valence-corrected chi connectivity index (χ2v) is 34.3. The van der Waals surface area contributed by atoms with E-state index >= 15 is 0 Å². The summed E-state index contributed by atoms with van der Waals surface area (Å²) < 4.78 is 240. The van der Waals surface area contributed by atoms with Gasteiger partial charge in [0.2, 0.25) is 29.5 Å². The van der Waals surface area contributed by atoms with Crippen molar-refractivity contribution >= 4 is 123 Å². The van der Waals surface area contributed by atoms with Gasteiger partial charge >= 0.3 is 37.1 Å². The number of hydrogen-bond acceptors (Lipinski definition) is 11. The molecule has 2 unspecified atom stereocenters. The maximum atomic E-state index is 13.2. The van der Waals surface area contributed by atoms with Crippen LogP contribution in [0.5, 0.6) is 0 Å². The minimum Gasteiger partial charge on any atom is -0.413 e. The Bertz CT molecular complexity index is 4910. The van der Waals surface area contributed by atoms with E-state index in [1.165, 1.54) is 51.1 Å². The molecule has 670 valence electrons. The lowest BCUT2D eigenvalue weighted by atomic mass is 10.1. The molecule has 0 aliphatic carbocycles. The maximum absolute atomic E-state index is 13.2. The van der Waals surface area contributed by atoms with Crippen molar-refractivity contribution in [1.82, 2.24) is 5.32 Å². The summed E-state index contributed by atoms with van der Waals surface area (Å²) >= 11 is 2.92. The normalized spacial score (nSPS) is 18.9. The van der Waals surface area contributed by atoms with Gasteiger partial charge in [-0.05, 0) is 145 Å². The lowest BCUT2D eigenvalue weighted by Crippen LogP contribution is -2.45. The average Bonchev–Trinajstić information content (AvgIpc) is 1.71. The van der Waals surface area contributed by atoms with Crippen LogP contribution in [0.3, 0.4) is 0 Å². The molecule has 0 saturated carbocycles. The van der Waals surface area contributed by atoms with Gasteiger partial charge in [0.15, 0.2) is 48.7 Å². The van der Waals surface area contributed by atoms with Crippen molar-refractivity contribution in [3.05, 3.63) is 216 Å². The first kappa shape index (κ1) is 104. The molecule has 5 amide bonds. The van der Waals surface area contributed by atoms with Crippen molar-refractivity contribution in [2.75, 3.05) is 38.5 Å². The number of nitrogens with two attached hydrogens (primary N) is 1. The number of aliphatic hydroxyl groups excluding tert-OH is 2. The Kier molecular flexibility index (Phi) is 37.2. The fourth-order valence-electron chi connectivity index (χ4n) is 13.3. The Morgan fingerprint density at radius 3 is 1.16 bits per heavy atom. The molecule has 42 heteroatoms. The molecule has 22 nitrogen and oxygen atoms in total. The van der Waals surface area contributed by atoms with Gasteiger partial charge in [-0.25, -0.2) is 29.1 Å². The number of benzene rings is 6. The Balaban J connectivity index is 0.000000260. The molecule has 6 aliphatic heterocycles. The average molecular weight is 1860 g/mol. The molecule has 6 aliphatic rings. The Morgan fingerprint density at radius 2 is 0.832 bits per heavy atom. The van der Waals surface area contributed by atoms with Crippen LogP contribution in [0.4, 0.5) is 142 Å². The van der Waals surface area contributed by atoms with Crippen molar-refractivity contribution in [2.24, 2.45) is 0 Å². The number of anilines is 5. The van der Waals surface area contributed by atoms with E-state index in [1.807, 2.05) is 33.5 Å². The number of ether oxygens (including phenoxy) is 1. The number of amides is 5. The summed E-state index contributed by atoms with van der Waals surface area (Å²) in [6.07, 6.45) is -19.6. The van der Waals surface area contributed by atoms with E-state index in [4.69, 9.17) is 59.4 Å². The van der Waals surface area contributed by atoms with Crippen LogP contribution in [0.1, 0.15) is 144 Å². The van der Waals surface area contributed by atoms with Crippen LogP contribution in [0.15, 0.2) is 114 Å². The van der Waals surface area contributed by atoms with Gasteiger partial charge in [0.25, 0.3) is 0 Å². The van der Waals surface area contributed by atoms with Crippen LogP contribution >= 0.6 is 15.9 Å². The summed E-state index contributed by atoms with van der Waals surface area (Å²) in [5, 5.41) is 20.6. The Morgan fingerprint density at radius 1 is 0.488 bits per heavy atom. The van der Waals surface area contributed by atoms with Crippen molar-refractivity contribution in [2.45, 2.75) is 210 Å². The zero-order chi connectivity index (χ0) is 94.2. The smallest absolute Gasteiger partial charge is 0.407 e. The standard InChI is InChI=1S/C17H21F3N2O2Si.C14H13F3N2O.C13H11F3N2O2.C13H9F3N2O2.C8H3BrF3N.C8H5F3N2.C6H11NO.C4H8O2/c1-11(24-25(3,4)5)15-8-9-16(23)22(15)12-6-7-14(21-2)13(10-12)17(18,19)20;1-3-9-5-7-13(20)19(9)10-4-6-12(18-2)11(8-10)14(15,16)17;2*1-17-11-4-2-8(6-10(11)13(14,15)16)18-9(7-19)3-5-12(18)20;1-13-7-3-2-5(9)4-6(7)8(10,11)12;1-13-7-3-2-5(12)4-6(7)8(9,10)11;1-2-5-3-4-6(8)7-5;5-4-2-1-3-6-4/h6-7,10-11,15H,8-9H2,1,3-5H3;4,6,8-9H,3,5,7H2,1H3;2,4,6,9,19H,3,5,7H2;2,4,6-7,9H,3,5H2;2-4H;2-4H,12H2;5H,2-4H2,1H3,(H,7,8);4-5H,1-3H2/t11?,15-;3*9-;;;5-;/m1011..0./s1. The fraction of sp³-hybridized carbons (Fsp3) is 0.422. The van der Waals surface area contributed by atoms with Crippen LogP contribution in [0.2, 0.25) is 19.6 Å². The van der Waals surface area contributed by atoms with E-state index < -0.39 is 131 Å². The molecule has 7 atom stereocenters. The first-order valence-electron chi connectivity index (χ1n) is 37.7. The van der Waals surface area contributed by atoms with Gasteiger partial charge in [-0.2, -0.15) is 79.0 Å². The molecular formula is C83H81BrF18N12O10Si. The zero-order valence-corrected chi connectivity index (χ0v) is 69.8. The van der Waals surface area contributed by atoms with Crippen molar-refractivity contribution in [1.29, 1.82) is 0 Å². The highest BCUT2D eigenvalue weighted by atomic mass is 79.9. The molecule has 6 aromatic carbocycles. The van der Waals surface area contributed by atoms with Gasteiger partial charge in [0, 0.05) is 90.1 Å². The number of aliphatic hydroxyl groups is 2. The monoisotopic (exact) mass is 1850 g/mol. The van der Waals surface area contributed by atoms with E-state index in [0.29, 0.717) is 48.9 Å². The number of aldehydes is 1. The molecule has 5 N–H and O–H groups in total. The summed E-state index contributed by atoms with van der Waals surface area (Å²) in [7, 11) is -1.85. The first-order chi connectivity index (χ1) is 58.2. The highest BCUT2D eigenvalue weighted by Crippen LogP contribution is 2.47. The van der Waals surface area contributed by atoms with Crippen molar-refractivity contribution in [3.63, 3.8) is 0 Å². The quantitative estimate of drug-likeness (QED) is 0.0313. The van der Waals surface area contributed by atoms with Gasteiger partial charge in [0.05, 0.1) is 104 Å². The third kappa shape index (κ3) is 29.5. The molecule has 125 heavy (non-hydrogen) atoms. The number of nitrogens with one attached hydrogen (secondary N) is 1.